The smallest absolute Gasteiger partial charge is 0.129 e. The predicted octanol–water partition coefficient (Wildman–Crippen LogP) is 3.98. The van der Waals surface area contributed by atoms with E-state index in [-0.39, 0.29) is 0 Å². The molecule has 3 nitrogen and oxygen atoms in total. The minimum atomic E-state index is 0.511. The van der Waals surface area contributed by atoms with Crippen LogP contribution in [0.2, 0.25) is 0 Å². The number of hydrogen-bond acceptors (Lipinski definition) is 3. The van der Waals surface area contributed by atoms with Gasteiger partial charge in [0.1, 0.15) is 5.82 Å². The molecule has 114 valence electrons. The zero-order valence-corrected chi connectivity index (χ0v) is 13.8. The van der Waals surface area contributed by atoms with Crippen LogP contribution in [0, 0.1) is 0 Å². The zero-order chi connectivity index (χ0) is 15.0. The highest BCUT2D eigenvalue weighted by Gasteiger charge is 2.14. The quantitative estimate of drug-likeness (QED) is 0.740. The van der Waals surface area contributed by atoms with Crippen LogP contribution >= 0.6 is 0 Å². The van der Waals surface area contributed by atoms with Gasteiger partial charge >= 0.3 is 0 Å². The third-order valence-electron chi connectivity index (χ3n) is 3.69. The van der Waals surface area contributed by atoms with Crippen LogP contribution in [0.5, 0.6) is 0 Å². The first kappa shape index (κ1) is 17.0. The number of nitrogens with zero attached hydrogens (tertiary/aromatic N) is 2. The average molecular weight is 277 g/mol. The van der Waals surface area contributed by atoms with Gasteiger partial charge in [0, 0.05) is 31.4 Å². The summed E-state index contributed by atoms with van der Waals surface area (Å²) in [6, 6.07) is 5.39. The second-order valence-electron chi connectivity index (χ2n) is 5.86. The molecular formula is C17H31N3. The van der Waals surface area contributed by atoms with E-state index in [1.165, 1.54) is 18.4 Å². The van der Waals surface area contributed by atoms with Gasteiger partial charge in [0.25, 0.3) is 0 Å². The highest BCUT2D eigenvalue weighted by atomic mass is 15.2. The van der Waals surface area contributed by atoms with Crippen LogP contribution in [0.15, 0.2) is 18.3 Å². The van der Waals surface area contributed by atoms with E-state index in [2.05, 4.69) is 62.0 Å². The fraction of sp³-hybridized carbons (Fsp3) is 0.706. The van der Waals surface area contributed by atoms with Crippen molar-refractivity contribution >= 4 is 5.82 Å². The molecule has 0 amide bonds. The first-order valence-electron chi connectivity index (χ1n) is 8.03. The molecule has 1 rings (SSSR count). The molecule has 1 N–H and O–H groups in total. The van der Waals surface area contributed by atoms with E-state index >= 15 is 0 Å². The molecule has 0 saturated heterocycles. The van der Waals surface area contributed by atoms with Crippen molar-refractivity contribution in [3.63, 3.8) is 0 Å². The van der Waals surface area contributed by atoms with Gasteiger partial charge in [-0.15, -0.1) is 0 Å². The van der Waals surface area contributed by atoms with Crippen molar-refractivity contribution in [3.8, 4) is 0 Å². The zero-order valence-electron chi connectivity index (χ0n) is 13.8. The molecule has 1 aromatic rings. The summed E-state index contributed by atoms with van der Waals surface area (Å²) in [6.07, 6.45) is 5.54. The second kappa shape index (κ2) is 8.96. The molecule has 0 bridgehead atoms. The lowest BCUT2D eigenvalue weighted by atomic mass is 10.1. The Balaban J connectivity index is 2.81. The molecule has 1 atom stereocenters. The van der Waals surface area contributed by atoms with Gasteiger partial charge in [-0.1, -0.05) is 34.1 Å². The number of rotatable bonds is 9. The Hall–Kier alpha value is -1.09. The predicted molar refractivity (Wildman–Crippen MR) is 88.2 cm³/mol. The SMILES string of the molecule is CCCCN(c1cc(CNC(C)C)ccn1)C(C)CC. The van der Waals surface area contributed by atoms with Gasteiger partial charge < -0.3 is 10.2 Å². The summed E-state index contributed by atoms with van der Waals surface area (Å²) in [4.78, 5) is 7.03. The first-order valence-corrected chi connectivity index (χ1v) is 8.03. The van der Waals surface area contributed by atoms with Crippen molar-refractivity contribution in [1.82, 2.24) is 10.3 Å². The van der Waals surface area contributed by atoms with Crippen LogP contribution in [-0.4, -0.2) is 23.6 Å². The van der Waals surface area contributed by atoms with Gasteiger partial charge in [-0.3, -0.25) is 0 Å². The Kier molecular flexibility index (Phi) is 7.60. The van der Waals surface area contributed by atoms with Crippen molar-refractivity contribution in [1.29, 1.82) is 0 Å². The highest BCUT2D eigenvalue weighted by Crippen LogP contribution is 2.18. The summed E-state index contributed by atoms with van der Waals surface area (Å²) in [5.74, 6) is 1.12. The minimum Gasteiger partial charge on any atom is -0.354 e. The van der Waals surface area contributed by atoms with E-state index in [0.717, 1.165) is 25.3 Å². The lowest BCUT2D eigenvalue weighted by Gasteiger charge is -2.30. The molecular weight excluding hydrogens is 246 g/mol. The molecule has 20 heavy (non-hydrogen) atoms. The van der Waals surface area contributed by atoms with Gasteiger partial charge in [0.2, 0.25) is 0 Å². The van der Waals surface area contributed by atoms with Gasteiger partial charge in [-0.2, -0.15) is 0 Å². The Morgan fingerprint density at radius 1 is 1.25 bits per heavy atom. The van der Waals surface area contributed by atoms with Crippen molar-refractivity contribution in [2.75, 3.05) is 11.4 Å². The molecule has 0 radical (unpaired) electrons. The van der Waals surface area contributed by atoms with E-state index in [1.54, 1.807) is 0 Å². The van der Waals surface area contributed by atoms with Gasteiger partial charge in [-0.25, -0.2) is 4.98 Å². The minimum absolute atomic E-state index is 0.511. The number of pyridine rings is 1. The lowest BCUT2D eigenvalue weighted by molar-refractivity contribution is 0.581. The Labute approximate surface area is 124 Å². The van der Waals surface area contributed by atoms with E-state index in [4.69, 9.17) is 0 Å². The van der Waals surface area contributed by atoms with Crippen molar-refractivity contribution in [2.24, 2.45) is 0 Å². The van der Waals surface area contributed by atoms with E-state index in [0.29, 0.717) is 12.1 Å². The summed E-state index contributed by atoms with van der Waals surface area (Å²) in [6.45, 7) is 13.1. The lowest BCUT2D eigenvalue weighted by Crippen LogP contribution is -2.34. The number of aromatic nitrogens is 1. The van der Waals surface area contributed by atoms with Gasteiger partial charge in [0.05, 0.1) is 0 Å². The number of nitrogens with one attached hydrogen (secondary N) is 1. The summed E-state index contributed by atoms with van der Waals surface area (Å²) in [5.41, 5.74) is 1.31. The summed E-state index contributed by atoms with van der Waals surface area (Å²) < 4.78 is 0. The number of anilines is 1. The maximum Gasteiger partial charge on any atom is 0.129 e. The maximum absolute atomic E-state index is 4.59. The fourth-order valence-electron chi connectivity index (χ4n) is 2.16. The van der Waals surface area contributed by atoms with Crippen LogP contribution in [0.1, 0.15) is 59.4 Å². The Morgan fingerprint density at radius 2 is 2.00 bits per heavy atom. The molecule has 0 aliphatic carbocycles. The summed E-state index contributed by atoms with van der Waals surface area (Å²) >= 11 is 0. The van der Waals surface area contributed by atoms with E-state index in [1.807, 2.05) is 6.20 Å². The van der Waals surface area contributed by atoms with Crippen molar-refractivity contribution in [2.45, 2.75) is 72.5 Å². The molecule has 1 unspecified atom stereocenters. The van der Waals surface area contributed by atoms with Crippen molar-refractivity contribution < 1.29 is 0 Å². The molecule has 0 saturated carbocycles. The second-order valence-corrected chi connectivity index (χ2v) is 5.86. The van der Waals surface area contributed by atoms with Crippen LogP contribution in [-0.2, 0) is 6.54 Å². The number of unbranched alkanes of at least 4 members (excludes halogenated alkanes) is 1. The normalized spacial score (nSPS) is 12.7. The molecule has 1 heterocycles. The Morgan fingerprint density at radius 3 is 2.60 bits per heavy atom. The Bertz CT molecular complexity index is 376. The van der Waals surface area contributed by atoms with Crippen LogP contribution in [0.3, 0.4) is 0 Å². The molecule has 0 spiro atoms. The topological polar surface area (TPSA) is 28.2 Å². The van der Waals surface area contributed by atoms with Gasteiger partial charge in [0.15, 0.2) is 0 Å². The standard InChI is InChI=1S/C17H31N3/c1-6-8-11-20(15(5)7-2)17-12-16(9-10-18-17)13-19-14(3)4/h9-10,12,14-15,19H,6-8,11,13H2,1-5H3. The molecule has 0 fully saturated rings. The molecule has 3 heteroatoms. The third kappa shape index (κ3) is 5.49. The third-order valence-corrected chi connectivity index (χ3v) is 3.69. The molecule has 0 aliphatic rings. The van der Waals surface area contributed by atoms with Crippen LogP contribution in [0.4, 0.5) is 5.82 Å². The largest absolute Gasteiger partial charge is 0.354 e. The molecule has 0 aliphatic heterocycles. The summed E-state index contributed by atoms with van der Waals surface area (Å²) in [7, 11) is 0. The molecule has 1 aromatic heterocycles. The fourth-order valence-corrected chi connectivity index (χ4v) is 2.16. The van der Waals surface area contributed by atoms with Gasteiger partial charge in [-0.05, 0) is 37.5 Å². The molecule has 0 aromatic carbocycles. The number of hydrogen-bond donors (Lipinski definition) is 1. The van der Waals surface area contributed by atoms with Crippen LogP contribution in [0.25, 0.3) is 0 Å². The highest BCUT2D eigenvalue weighted by molar-refractivity contribution is 5.42. The first-order chi connectivity index (χ1) is 9.58. The van der Waals surface area contributed by atoms with Crippen molar-refractivity contribution in [3.05, 3.63) is 23.9 Å². The average Bonchev–Trinajstić information content (AvgIpc) is 2.45. The summed E-state index contributed by atoms with van der Waals surface area (Å²) in [5, 5.41) is 3.47. The van der Waals surface area contributed by atoms with E-state index < -0.39 is 0 Å². The monoisotopic (exact) mass is 277 g/mol. The van der Waals surface area contributed by atoms with E-state index in [9.17, 15) is 0 Å². The maximum atomic E-state index is 4.59. The van der Waals surface area contributed by atoms with Crippen LogP contribution < -0.4 is 10.2 Å².